The molecule has 4 rings (SSSR count). The number of esters is 1. The number of ether oxygens (including phenoxy) is 3. The van der Waals surface area contributed by atoms with Crippen LogP contribution in [-0.2, 0) is 0 Å². The minimum absolute atomic E-state index is 0.0252. The van der Waals surface area contributed by atoms with Crippen LogP contribution in [0.15, 0.2) is 40.8 Å². The lowest BCUT2D eigenvalue weighted by molar-refractivity contribution is 0.0702. The van der Waals surface area contributed by atoms with E-state index in [0.29, 0.717) is 28.2 Å². The lowest BCUT2D eigenvalue weighted by atomic mass is 10.1. The number of rotatable bonds is 2. The predicted octanol–water partition coefficient (Wildman–Crippen LogP) is 3.83. The number of hydrogen-bond donors (Lipinski definition) is 0. The van der Waals surface area contributed by atoms with Crippen LogP contribution in [-0.4, -0.2) is 12.8 Å². The highest BCUT2D eigenvalue weighted by molar-refractivity contribution is 5.97. The van der Waals surface area contributed by atoms with Crippen molar-refractivity contribution in [3.8, 4) is 17.2 Å². The number of furan rings is 1. The molecular formula is C17H11FO5. The molecule has 0 atom stereocenters. The van der Waals surface area contributed by atoms with E-state index in [1.54, 1.807) is 37.3 Å². The third-order valence-corrected chi connectivity index (χ3v) is 3.66. The zero-order valence-electron chi connectivity index (χ0n) is 12.1. The van der Waals surface area contributed by atoms with E-state index in [2.05, 4.69) is 0 Å². The summed E-state index contributed by atoms with van der Waals surface area (Å²) in [7, 11) is 0. The lowest BCUT2D eigenvalue weighted by Gasteiger charge is -2.04. The van der Waals surface area contributed by atoms with E-state index in [1.165, 1.54) is 6.07 Å². The van der Waals surface area contributed by atoms with Crippen LogP contribution in [0.2, 0.25) is 0 Å². The molecule has 2 aromatic carbocycles. The Hall–Kier alpha value is -3.02. The summed E-state index contributed by atoms with van der Waals surface area (Å²) in [5.41, 5.74) is 0.577. The Morgan fingerprint density at radius 3 is 2.83 bits per heavy atom. The lowest BCUT2D eigenvalue weighted by Crippen LogP contribution is -2.08. The normalized spacial score (nSPS) is 12.6. The summed E-state index contributed by atoms with van der Waals surface area (Å²) in [5.74, 6) is 0.140. The molecule has 0 aliphatic carbocycles. The smallest absolute Gasteiger partial charge is 0.379 e. The van der Waals surface area contributed by atoms with Crippen LogP contribution in [0, 0.1) is 12.7 Å². The third kappa shape index (κ3) is 2.19. The van der Waals surface area contributed by atoms with Crippen molar-refractivity contribution >= 4 is 16.9 Å². The Labute approximate surface area is 130 Å². The Bertz CT molecular complexity index is 928. The van der Waals surface area contributed by atoms with Crippen LogP contribution in [0.25, 0.3) is 11.0 Å². The number of fused-ring (bicyclic) bond motifs is 2. The van der Waals surface area contributed by atoms with E-state index in [0.717, 1.165) is 0 Å². The van der Waals surface area contributed by atoms with Gasteiger partial charge in [0.25, 0.3) is 0 Å². The molecule has 0 saturated carbocycles. The van der Waals surface area contributed by atoms with Crippen molar-refractivity contribution in [2.45, 2.75) is 6.92 Å². The largest absolute Gasteiger partial charge is 0.454 e. The van der Waals surface area contributed by atoms with E-state index >= 15 is 0 Å². The maximum atomic E-state index is 13.7. The van der Waals surface area contributed by atoms with E-state index in [1.807, 2.05) is 0 Å². The fraction of sp³-hybridized carbons (Fsp3) is 0.118. The van der Waals surface area contributed by atoms with Crippen molar-refractivity contribution in [1.82, 2.24) is 0 Å². The van der Waals surface area contributed by atoms with E-state index in [-0.39, 0.29) is 18.1 Å². The number of aryl methyl sites for hydroxylation is 1. The van der Waals surface area contributed by atoms with Crippen molar-refractivity contribution in [2.75, 3.05) is 6.79 Å². The molecule has 1 aliphatic heterocycles. The van der Waals surface area contributed by atoms with Crippen LogP contribution in [0.1, 0.15) is 16.1 Å². The van der Waals surface area contributed by atoms with Gasteiger partial charge < -0.3 is 18.6 Å². The Kier molecular flexibility index (Phi) is 2.97. The summed E-state index contributed by atoms with van der Waals surface area (Å²) >= 11 is 0. The molecule has 0 N–H and O–H groups in total. The van der Waals surface area contributed by atoms with Crippen LogP contribution in [0.4, 0.5) is 4.39 Å². The minimum Gasteiger partial charge on any atom is -0.454 e. The molecule has 0 saturated heterocycles. The molecule has 2 heterocycles. The summed E-state index contributed by atoms with van der Waals surface area (Å²) in [6.45, 7) is 1.82. The van der Waals surface area contributed by atoms with Crippen molar-refractivity contribution in [1.29, 1.82) is 0 Å². The number of benzene rings is 2. The van der Waals surface area contributed by atoms with E-state index in [4.69, 9.17) is 18.6 Å². The molecule has 6 heteroatoms. The molecule has 116 valence electrons. The van der Waals surface area contributed by atoms with Crippen LogP contribution >= 0.6 is 0 Å². The number of carbonyl (C=O) groups is 1. The van der Waals surface area contributed by atoms with Crippen molar-refractivity contribution in [3.63, 3.8) is 0 Å². The van der Waals surface area contributed by atoms with Crippen molar-refractivity contribution in [2.24, 2.45) is 0 Å². The first kappa shape index (κ1) is 13.6. The standard InChI is InChI=1S/C17H11FO5/c1-9-11-3-2-4-12(18)16(11)23-15(9)17(19)22-10-5-6-13-14(7-10)21-8-20-13/h2-7H,8H2,1H3. The second-order valence-corrected chi connectivity index (χ2v) is 5.08. The number of para-hydroxylation sites is 1. The molecular weight excluding hydrogens is 303 g/mol. The number of carbonyl (C=O) groups excluding carboxylic acids is 1. The van der Waals surface area contributed by atoms with Crippen LogP contribution in [0.3, 0.4) is 0 Å². The first-order chi connectivity index (χ1) is 11.1. The average molecular weight is 314 g/mol. The quantitative estimate of drug-likeness (QED) is 0.531. The average Bonchev–Trinajstić information content (AvgIpc) is 3.13. The molecule has 0 unspecified atom stereocenters. The first-order valence-corrected chi connectivity index (χ1v) is 6.93. The third-order valence-electron chi connectivity index (χ3n) is 3.66. The van der Waals surface area contributed by atoms with Gasteiger partial charge in [-0.25, -0.2) is 9.18 Å². The van der Waals surface area contributed by atoms with Gasteiger partial charge in [0.05, 0.1) is 0 Å². The van der Waals surface area contributed by atoms with Gasteiger partial charge in [-0.1, -0.05) is 12.1 Å². The molecule has 0 radical (unpaired) electrons. The highest BCUT2D eigenvalue weighted by Crippen LogP contribution is 2.35. The van der Waals surface area contributed by atoms with Gasteiger partial charge in [-0.2, -0.15) is 0 Å². The van der Waals surface area contributed by atoms with Gasteiger partial charge in [0.1, 0.15) is 5.75 Å². The molecule has 0 spiro atoms. The zero-order valence-corrected chi connectivity index (χ0v) is 12.1. The minimum atomic E-state index is -0.697. The van der Waals surface area contributed by atoms with Crippen LogP contribution < -0.4 is 14.2 Å². The van der Waals surface area contributed by atoms with E-state index in [9.17, 15) is 9.18 Å². The molecule has 0 fully saturated rings. The number of halogens is 1. The second kappa shape index (κ2) is 5.01. The van der Waals surface area contributed by atoms with Crippen LogP contribution in [0.5, 0.6) is 17.2 Å². The molecule has 3 aromatic rings. The van der Waals surface area contributed by atoms with Gasteiger partial charge in [0, 0.05) is 17.0 Å². The topological polar surface area (TPSA) is 57.9 Å². The summed E-state index contributed by atoms with van der Waals surface area (Å²) in [6.07, 6.45) is 0. The molecule has 1 aromatic heterocycles. The highest BCUT2D eigenvalue weighted by atomic mass is 19.1. The number of hydrogen-bond acceptors (Lipinski definition) is 5. The predicted molar refractivity (Wildman–Crippen MR) is 78.4 cm³/mol. The van der Waals surface area contributed by atoms with E-state index < -0.39 is 11.8 Å². The Balaban J connectivity index is 1.67. The van der Waals surface area contributed by atoms with Gasteiger partial charge in [-0.15, -0.1) is 0 Å². The summed E-state index contributed by atoms with van der Waals surface area (Å²) in [4.78, 5) is 12.3. The zero-order chi connectivity index (χ0) is 16.0. The first-order valence-electron chi connectivity index (χ1n) is 6.93. The Morgan fingerprint density at radius 1 is 1.17 bits per heavy atom. The molecule has 1 aliphatic rings. The van der Waals surface area contributed by atoms with Crippen molar-refractivity contribution < 1.29 is 27.8 Å². The van der Waals surface area contributed by atoms with Gasteiger partial charge in [-0.05, 0) is 25.1 Å². The maximum absolute atomic E-state index is 13.7. The molecule has 0 bridgehead atoms. The monoisotopic (exact) mass is 314 g/mol. The summed E-state index contributed by atoms with van der Waals surface area (Å²) < 4.78 is 34.8. The molecule has 0 amide bonds. The molecule has 5 nitrogen and oxygen atoms in total. The maximum Gasteiger partial charge on any atom is 0.379 e. The summed E-state index contributed by atoms with van der Waals surface area (Å²) in [5, 5.41) is 0.544. The van der Waals surface area contributed by atoms with Gasteiger partial charge >= 0.3 is 5.97 Å². The molecule has 23 heavy (non-hydrogen) atoms. The SMILES string of the molecule is Cc1c(C(=O)Oc2ccc3c(c2)OCO3)oc2c(F)cccc12. The summed E-state index contributed by atoms with van der Waals surface area (Å²) in [6, 6.07) is 9.32. The fourth-order valence-electron chi connectivity index (χ4n) is 2.50. The Morgan fingerprint density at radius 2 is 2.00 bits per heavy atom. The van der Waals surface area contributed by atoms with Crippen molar-refractivity contribution in [3.05, 3.63) is 53.5 Å². The van der Waals surface area contributed by atoms with Gasteiger partial charge in [-0.3, -0.25) is 0 Å². The highest BCUT2D eigenvalue weighted by Gasteiger charge is 2.22. The fourth-order valence-corrected chi connectivity index (χ4v) is 2.50. The van der Waals surface area contributed by atoms with Gasteiger partial charge in [0.2, 0.25) is 12.6 Å². The second-order valence-electron chi connectivity index (χ2n) is 5.08. The van der Waals surface area contributed by atoms with Gasteiger partial charge in [0.15, 0.2) is 22.9 Å².